The van der Waals surface area contributed by atoms with Gasteiger partial charge in [0.1, 0.15) is 11.5 Å². The van der Waals surface area contributed by atoms with Crippen LogP contribution < -0.4 is 9.47 Å². The van der Waals surface area contributed by atoms with Crippen LogP contribution in [0.1, 0.15) is 18.9 Å². The van der Waals surface area contributed by atoms with E-state index in [4.69, 9.17) is 9.47 Å². The van der Waals surface area contributed by atoms with E-state index in [1.807, 2.05) is 12.1 Å². The summed E-state index contributed by atoms with van der Waals surface area (Å²) in [6, 6.07) is 3.95. The summed E-state index contributed by atoms with van der Waals surface area (Å²) in [4.78, 5) is 2.35. The van der Waals surface area contributed by atoms with Crippen molar-refractivity contribution in [3.05, 3.63) is 22.2 Å². The molecule has 1 saturated heterocycles. The van der Waals surface area contributed by atoms with Crippen molar-refractivity contribution in [3.8, 4) is 11.5 Å². The Morgan fingerprint density at radius 2 is 2.00 bits per heavy atom. The second kappa shape index (κ2) is 6.78. The molecule has 1 fully saturated rings. The van der Waals surface area contributed by atoms with E-state index in [-0.39, 0.29) is 6.10 Å². The van der Waals surface area contributed by atoms with Crippen molar-refractivity contribution < 1.29 is 14.6 Å². The minimum absolute atomic E-state index is 0.174. The number of piperidine rings is 1. The Bertz CT molecular complexity index is 467. The topological polar surface area (TPSA) is 41.9 Å². The molecule has 4 nitrogen and oxygen atoms in total. The third-order valence-electron chi connectivity index (χ3n) is 3.89. The first-order chi connectivity index (χ1) is 9.55. The van der Waals surface area contributed by atoms with Gasteiger partial charge in [0.15, 0.2) is 0 Å². The van der Waals surface area contributed by atoms with Gasteiger partial charge in [-0.1, -0.05) is 6.92 Å². The van der Waals surface area contributed by atoms with Crippen LogP contribution in [0.2, 0.25) is 0 Å². The Kier molecular flexibility index (Phi) is 5.29. The number of ether oxygens (including phenoxy) is 2. The largest absolute Gasteiger partial charge is 0.496 e. The van der Waals surface area contributed by atoms with Crippen molar-refractivity contribution in [1.82, 2.24) is 4.90 Å². The number of halogens is 1. The van der Waals surface area contributed by atoms with Gasteiger partial charge in [-0.15, -0.1) is 0 Å². The normalized spacial score (nSPS) is 23.6. The molecule has 0 aromatic heterocycles. The maximum Gasteiger partial charge on any atom is 0.133 e. The highest BCUT2D eigenvalue weighted by atomic mass is 79.9. The summed E-state index contributed by atoms with van der Waals surface area (Å²) in [6.45, 7) is 4.72. The number of hydrogen-bond acceptors (Lipinski definition) is 4. The van der Waals surface area contributed by atoms with Crippen LogP contribution in [-0.4, -0.2) is 43.4 Å². The van der Waals surface area contributed by atoms with E-state index in [2.05, 4.69) is 27.8 Å². The van der Waals surface area contributed by atoms with Crippen LogP contribution >= 0.6 is 15.9 Å². The van der Waals surface area contributed by atoms with E-state index in [1.165, 1.54) is 0 Å². The zero-order valence-electron chi connectivity index (χ0n) is 12.2. The van der Waals surface area contributed by atoms with Crippen molar-refractivity contribution in [3.63, 3.8) is 0 Å². The SMILES string of the molecule is COc1cc(CN2CCC(O)C(C)C2)c(OC)cc1Br. The molecule has 2 atom stereocenters. The minimum Gasteiger partial charge on any atom is -0.496 e. The van der Waals surface area contributed by atoms with Crippen LogP contribution in [0.3, 0.4) is 0 Å². The molecule has 1 heterocycles. The summed E-state index contributed by atoms with van der Waals surface area (Å²) < 4.78 is 11.7. The van der Waals surface area contributed by atoms with E-state index >= 15 is 0 Å². The lowest BCUT2D eigenvalue weighted by molar-refractivity contribution is 0.0317. The average Bonchev–Trinajstić information content (AvgIpc) is 2.44. The van der Waals surface area contributed by atoms with Crippen LogP contribution in [0.4, 0.5) is 0 Å². The van der Waals surface area contributed by atoms with Gasteiger partial charge >= 0.3 is 0 Å². The second-order valence-corrected chi connectivity index (χ2v) is 6.22. The Labute approximate surface area is 128 Å². The highest BCUT2D eigenvalue weighted by Crippen LogP contribution is 2.34. The molecule has 0 saturated carbocycles. The Morgan fingerprint density at radius 3 is 2.60 bits per heavy atom. The molecule has 0 radical (unpaired) electrons. The van der Waals surface area contributed by atoms with Gasteiger partial charge in [0.2, 0.25) is 0 Å². The summed E-state index contributed by atoms with van der Waals surface area (Å²) >= 11 is 3.47. The molecule has 0 amide bonds. The highest BCUT2D eigenvalue weighted by Gasteiger charge is 2.25. The number of aliphatic hydroxyl groups excluding tert-OH is 1. The fourth-order valence-electron chi connectivity index (χ4n) is 2.65. The molecule has 0 bridgehead atoms. The molecule has 0 spiro atoms. The molecule has 2 unspecified atom stereocenters. The quantitative estimate of drug-likeness (QED) is 0.912. The Morgan fingerprint density at radius 1 is 1.30 bits per heavy atom. The van der Waals surface area contributed by atoms with E-state index in [0.717, 1.165) is 47.6 Å². The van der Waals surface area contributed by atoms with Crippen LogP contribution in [0.5, 0.6) is 11.5 Å². The number of methoxy groups -OCH3 is 2. The second-order valence-electron chi connectivity index (χ2n) is 5.37. The molecule has 5 heteroatoms. The van der Waals surface area contributed by atoms with E-state index in [1.54, 1.807) is 14.2 Å². The molecule has 1 N–H and O–H groups in total. The van der Waals surface area contributed by atoms with Gasteiger partial charge < -0.3 is 14.6 Å². The van der Waals surface area contributed by atoms with Crippen molar-refractivity contribution in [2.75, 3.05) is 27.3 Å². The number of aliphatic hydroxyl groups is 1. The van der Waals surface area contributed by atoms with Crippen LogP contribution in [0, 0.1) is 5.92 Å². The molecular formula is C15H22BrNO3. The fourth-order valence-corrected chi connectivity index (χ4v) is 3.14. The summed E-state index contributed by atoms with van der Waals surface area (Å²) in [6.07, 6.45) is 0.657. The lowest BCUT2D eigenvalue weighted by Gasteiger charge is -2.34. The van der Waals surface area contributed by atoms with Gasteiger partial charge in [0, 0.05) is 25.2 Å². The van der Waals surface area contributed by atoms with Crippen molar-refractivity contribution >= 4 is 15.9 Å². The summed E-state index contributed by atoms with van der Waals surface area (Å²) in [5.74, 6) is 1.98. The molecule has 1 aliphatic heterocycles. The van der Waals surface area contributed by atoms with Gasteiger partial charge in [-0.3, -0.25) is 4.90 Å². The van der Waals surface area contributed by atoms with Crippen molar-refractivity contribution in [2.24, 2.45) is 5.92 Å². The third-order valence-corrected chi connectivity index (χ3v) is 4.51. The zero-order valence-corrected chi connectivity index (χ0v) is 13.8. The van der Waals surface area contributed by atoms with Crippen LogP contribution in [0.15, 0.2) is 16.6 Å². The molecule has 112 valence electrons. The Hall–Kier alpha value is -0.780. The lowest BCUT2D eigenvalue weighted by Crippen LogP contribution is -2.41. The predicted octanol–water partition coefficient (Wildman–Crippen LogP) is 2.67. The summed E-state index contributed by atoms with van der Waals surface area (Å²) in [5.41, 5.74) is 1.11. The van der Waals surface area contributed by atoms with Crippen LogP contribution in [0.25, 0.3) is 0 Å². The molecule has 2 rings (SSSR count). The number of rotatable bonds is 4. The monoisotopic (exact) mass is 343 g/mol. The molecule has 0 aliphatic carbocycles. The minimum atomic E-state index is -0.174. The number of benzene rings is 1. The van der Waals surface area contributed by atoms with Crippen molar-refractivity contribution in [2.45, 2.75) is 26.0 Å². The standard InChI is InChI=1S/C15H22BrNO3/c1-10-8-17(5-4-13(10)18)9-11-6-15(20-3)12(16)7-14(11)19-2/h6-7,10,13,18H,4-5,8-9H2,1-3H3. The smallest absolute Gasteiger partial charge is 0.133 e. The molecular weight excluding hydrogens is 322 g/mol. The number of likely N-dealkylation sites (tertiary alicyclic amines) is 1. The van der Waals surface area contributed by atoms with E-state index in [9.17, 15) is 5.11 Å². The number of hydrogen-bond donors (Lipinski definition) is 1. The lowest BCUT2D eigenvalue weighted by atomic mass is 9.96. The zero-order chi connectivity index (χ0) is 14.7. The first-order valence-electron chi connectivity index (χ1n) is 6.86. The van der Waals surface area contributed by atoms with E-state index < -0.39 is 0 Å². The first-order valence-corrected chi connectivity index (χ1v) is 7.65. The molecule has 1 aliphatic rings. The van der Waals surface area contributed by atoms with Gasteiger partial charge in [0.25, 0.3) is 0 Å². The third kappa shape index (κ3) is 3.45. The van der Waals surface area contributed by atoms with Crippen molar-refractivity contribution in [1.29, 1.82) is 0 Å². The van der Waals surface area contributed by atoms with E-state index in [0.29, 0.717) is 5.92 Å². The van der Waals surface area contributed by atoms with Gasteiger partial charge in [-0.2, -0.15) is 0 Å². The summed E-state index contributed by atoms with van der Waals surface area (Å²) in [5, 5.41) is 9.80. The fraction of sp³-hybridized carbons (Fsp3) is 0.600. The maximum absolute atomic E-state index is 9.80. The highest BCUT2D eigenvalue weighted by molar-refractivity contribution is 9.10. The molecule has 20 heavy (non-hydrogen) atoms. The van der Waals surface area contributed by atoms with Crippen LogP contribution in [-0.2, 0) is 6.54 Å². The Balaban J connectivity index is 2.16. The maximum atomic E-state index is 9.80. The van der Waals surface area contributed by atoms with Gasteiger partial charge in [0.05, 0.1) is 24.8 Å². The number of nitrogens with zero attached hydrogens (tertiary/aromatic N) is 1. The molecule has 1 aromatic rings. The molecule has 1 aromatic carbocycles. The predicted molar refractivity (Wildman–Crippen MR) is 82.3 cm³/mol. The first kappa shape index (κ1) is 15.6. The van der Waals surface area contributed by atoms with Gasteiger partial charge in [-0.05, 0) is 40.4 Å². The van der Waals surface area contributed by atoms with Gasteiger partial charge in [-0.25, -0.2) is 0 Å². The average molecular weight is 344 g/mol. The summed E-state index contributed by atoms with van der Waals surface area (Å²) in [7, 11) is 3.34.